The molecule has 3 aromatic rings. The number of rotatable bonds is 3. The number of aromatic amines is 1. The lowest BCUT2D eigenvalue weighted by Gasteiger charge is -2.35. The molecular weight excluding hydrogens is 334 g/mol. The highest BCUT2D eigenvalue weighted by molar-refractivity contribution is 5.79. The van der Waals surface area contributed by atoms with Gasteiger partial charge in [0.1, 0.15) is 5.76 Å². The van der Waals surface area contributed by atoms with Gasteiger partial charge in [0.15, 0.2) is 0 Å². The minimum absolute atomic E-state index is 0.0214. The first-order valence-corrected chi connectivity index (χ1v) is 8.82. The summed E-state index contributed by atoms with van der Waals surface area (Å²) in [4.78, 5) is 34.5. The zero-order valence-electron chi connectivity index (χ0n) is 14.9. The van der Waals surface area contributed by atoms with E-state index in [0.717, 1.165) is 36.2 Å². The van der Waals surface area contributed by atoms with E-state index in [1.54, 1.807) is 18.5 Å². The summed E-state index contributed by atoms with van der Waals surface area (Å²) >= 11 is 0. The monoisotopic (exact) mass is 355 g/mol. The second-order valence-corrected chi connectivity index (χ2v) is 6.76. The van der Waals surface area contributed by atoms with E-state index in [2.05, 4.69) is 15.1 Å². The van der Waals surface area contributed by atoms with E-state index in [-0.39, 0.29) is 23.9 Å². The Morgan fingerprint density at radius 2 is 2.23 bits per heavy atom. The van der Waals surface area contributed by atoms with Crippen LogP contribution in [0.25, 0.3) is 5.78 Å². The Kier molecular flexibility index (Phi) is 4.10. The molecule has 4 heterocycles. The summed E-state index contributed by atoms with van der Waals surface area (Å²) in [5.74, 6) is 1.20. The van der Waals surface area contributed by atoms with Crippen LogP contribution in [-0.2, 0) is 11.2 Å². The molecule has 1 unspecified atom stereocenters. The number of amides is 1. The lowest BCUT2D eigenvalue weighted by molar-refractivity contribution is -0.134. The largest absolute Gasteiger partial charge is 0.361 e. The van der Waals surface area contributed by atoms with Crippen molar-refractivity contribution < 1.29 is 9.32 Å². The molecule has 8 heteroatoms. The van der Waals surface area contributed by atoms with Crippen LogP contribution in [0.5, 0.6) is 0 Å². The summed E-state index contributed by atoms with van der Waals surface area (Å²) in [6.07, 6.45) is 6.26. The maximum absolute atomic E-state index is 13.0. The molecule has 1 aliphatic heterocycles. The van der Waals surface area contributed by atoms with Crippen molar-refractivity contribution in [1.82, 2.24) is 24.4 Å². The fraction of sp³-hybridized carbons (Fsp3) is 0.444. The van der Waals surface area contributed by atoms with Gasteiger partial charge in [-0.2, -0.15) is 0 Å². The van der Waals surface area contributed by atoms with Crippen LogP contribution in [0.15, 0.2) is 27.8 Å². The predicted molar refractivity (Wildman–Crippen MR) is 93.8 cm³/mol. The lowest BCUT2D eigenvalue weighted by Crippen LogP contribution is -2.40. The van der Waals surface area contributed by atoms with Gasteiger partial charge in [-0.1, -0.05) is 5.16 Å². The molecule has 1 atom stereocenters. The van der Waals surface area contributed by atoms with E-state index in [4.69, 9.17) is 4.52 Å². The van der Waals surface area contributed by atoms with E-state index in [1.165, 1.54) is 4.40 Å². The van der Waals surface area contributed by atoms with Crippen molar-refractivity contribution in [2.75, 3.05) is 6.54 Å². The smallest absolute Gasteiger partial charge is 0.259 e. The Balaban J connectivity index is 1.65. The van der Waals surface area contributed by atoms with E-state index in [1.807, 2.05) is 18.7 Å². The number of imidazole rings is 1. The molecule has 3 aromatic heterocycles. The Hall–Kier alpha value is -2.90. The first-order valence-electron chi connectivity index (χ1n) is 8.82. The molecule has 8 nitrogen and oxygen atoms in total. The fourth-order valence-corrected chi connectivity index (χ4v) is 3.68. The normalized spacial score (nSPS) is 17.8. The van der Waals surface area contributed by atoms with Gasteiger partial charge in [0.2, 0.25) is 11.7 Å². The van der Waals surface area contributed by atoms with Crippen molar-refractivity contribution in [2.45, 2.75) is 45.6 Å². The van der Waals surface area contributed by atoms with E-state index < -0.39 is 0 Å². The molecule has 1 saturated heterocycles. The highest BCUT2D eigenvalue weighted by Crippen LogP contribution is 2.30. The zero-order chi connectivity index (χ0) is 18.3. The van der Waals surface area contributed by atoms with Gasteiger partial charge >= 0.3 is 0 Å². The van der Waals surface area contributed by atoms with Crippen LogP contribution in [0.1, 0.15) is 48.0 Å². The second-order valence-electron chi connectivity index (χ2n) is 6.76. The summed E-state index contributed by atoms with van der Waals surface area (Å²) in [6, 6.07) is 1.42. The van der Waals surface area contributed by atoms with Crippen LogP contribution in [0.2, 0.25) is 0 Å². The molecule has 0 bridgehead atoms. The van der Waals surface area contributed by atoms with Crippen molar-refractivity contribution in [1.29, 1.82) is 0 Å². The van der Waals surface area contributed by atoms with Crippen LogP contribution < -0.4 is 5.56 Å². The van der Waals surface area contributed by atoms with Gasteiger partial charge in [-0.25, -0.2) is 4.98 Å². The topological polar surface area (TPSA) is 96.5 Å². The van der Waals surface area contributed by atoms with Gasteiger partial charge in [-0.05, 0) is 33.1 Å². The zero-order valence-corrected chi connectivity index (χ0v) is 14.9. The SMILES string of the molecule is Cc1noc(C)c1CC(=O)N1CCCCC1c1cc(=O)n2ccnc2[nH]1. The number of piperidine rings is 1. The van der Waals surface area contributed by atoms with Crippen LogP contribution in [-0.4, -0.2) is 36.9 Å². The molecule has 0 aliphatic carbocycles. The van der Waals surface area contributed by atoms with Crippen molar-refractivity contribution in [3.63, 3.8) is 0 Å². The number of hydrogen-bond donors (Lipinski definition) is 1. The number of nitrogens with zero attached hydrogens (tertiary/aromatic N) is 4. The quantitative estimate of drug-likeness (QED) is 0.774. The molecular formula is C18H21N5O3. The summed E-state index contributed by atoms with van der Waals surface area (Å²) in [5.41, 5.74) is 2.18. The number of hydrogen-bond acceptors (Lipinski definition) is 5. The Morgan fingerprint density at radius 3 is 3.00 bits per heavy atom. The maximum Gasteiger partial charge on any atom is 0.259 e. The standard InChI is InChI=1S/C18H21N5O3/c1-11-13(12(2)26-21-11)9-16(24)22-7-4-3-5-15(22)14-10-17(25)23-8-6-19-18(23)20-14/h6,8,10,15H,3-5,7,9H2,1-2H3,(H,19,20). The highest BCUT2D eigenvalue weighted by Gasteiger charge is 2.30. The van der Waals surface area contributed by atoms with E-state index in [9.17, 15) is 9.59 Å². The molecule has 1 N–H and O–H groups in total. The number of aromatic nitrogens is 4. The van der Waals surface area contributed by atoms with Crippen molar-refractivity contribution in [3.05, 3.63) is 51.5 Å². The van der Waals surface area contributed by atoms with Gasteiger partial charge < -0.3 is 14.4 Å². The first-order chi connectivity index (χ1) is 12.5. The van der Waals surface area contributed by atoms with Gasteiger partial charge in [0, 0.05) is 36.3 Å². The molecule has 0 aromatic carbocycles. The summed E-state index contributed by atoms with van der Waals surface area (Å²) in [5, 5.41) is 3.93. The Morgan fingerprint density at radius 1 is 1.38 bits per heavy atom. The van der Waals surface area contributed by atoms with Gasteiger partial charge in [-0.15, -0.1) is 0 Å². The summed E-state index contributed by atoms with van der Waals surface area (Å²) in [7, 11) is 0. The summed E-state index contributed by atoms with van der Waals surface area (Å²) < 4.78 is 6.63. The molecule has 1 aliphatic rings. The minimum Gasteiger partial charge on any atom is -0.361 e. The van der Waals surface area contributed by atoms with Gasteiger partial charge in [-0.3, -0.25) is 14.0 Å². The molecule has 136 valence electrons. The number of H-pyrrole nitrogens is 1. The summed E-state index contributed by atoms with van der Waals surface area (Å²) in [6.45, 7) is 4.34. The number of nitrogens with one attached hydrogen (secondary N) is 1. The number of carbonyl (C=O) groups is 1. The maximum atomic E-state index is 13.0. The van der Waals surface area contributed by atoms with Crippen molar-refractivity contribution >= 4 is 11.7 Å². The molecule has 1 fully saturated rings. The van der Waals surface area contributed by atoms with Crippen LogP contribution in [0, 0.1) is 13.8 Å². The van der Waals surface area contributed by atoms with Crippen molar-refractivity contribution in [3.8, 4) is 0 Å². The Labute approximate surface area is 149 Å². The Bertz CT molecular complexity index is 996. The fourth-order valence-electron chi connectivity index (χ4n) is 3.68. The molecule has 1 amide bonds. The van der Waals surface area contributed by atoms with Crippen molar-refractivity contribution in [2.24, 2.45) is 0 Å². The third-order valence-electron chi connectivity index (χ3n) is 5.10. The first kappa shape index (κ1) is 16.6. The molecule has 26 heavy (non-hydrogen) atoms. The third kappa shape index (κ3) is 2.81. The van der Waals surface area contributed by atoms with Crippen LogP contribution >= 0.6 is 0 Å². The molecule has 0 saturated carbocycles. The molecule has 4 rings (SSSR count). The van der Waals surface area contributed by atoms with E-state index >= 15 is 0 Å². The highest BCUT2D eigenvalue weighted by atomic mass is 16.5. The second kappa shape index (κ2) is 6.44. The number of aryl methyl sites for hydroxylation is 2. The predicted octanol–water partition coefficient (Wildman–Crippen LogP) is 1.92. The minimum atomic E-state index is -0.147. The lowest BCUT2D eigenvalue weighted by atomic mass is 9.97. The third-order valence-corrected chi connectivity index (χ3v) is 5.10. The molecule has 0 spiro atoms. The molecule has 0 radical (unpaired) electrons. The van der Waals surface area contributed by atoms with Crippen LogP contribution in [0.4, 0.5) is 0 Å². The van der Waals surface area contributed by atoms with Crippen LogP contribution in [0.3, 0.4) is 0 Å². The van der Waals surface area contributed by atoms with Gasteiger partial charge in [0.25, 0.3) is 5.56 Å². The number of carbonyl (C=O) groups excluding carboxylic acids is 1. The van der Waals surface area contributed by atoms with E-state index in [0.29, 0.717) is 18.1 Å². The number of likely N-dealkylation sites (tertiary alicyclic amines) is 1. The van der Waals surface area contributed by atoms with Gasteiger partial charge in [0.05, 0.1) is 18.2 Å². The average molecular weight is 355 g/mol. The average Bonchev–Trinajstić information content (AvgIpc) is 3.24. The number of fused-ring (bicyclic) bond motifs is 1.